The highest BCUT2D eigenvalue weighted by molar-refractivity contribution is 9.15. The first-order valence-electron chi connectivity index (χ1n) is 3.60. The predicted octanol–water partition coefficient (Wildman–Crippen LogP) is 3.95. The van der Waals surface area contributed by atoms with Gasteiger partial charge in [-0.2, -0.15) is 0 Å². The summed E-state index contributed by atoms with van der Waals surface area (Å²) in [6.07, 6.45) is -4.68. The van der Waals surface area contributed by atoms with Crippen LogP contribution in [-0.4, -0.2) is 6.36 Å². The summed E-state index contributed by atoms with van der Waals surface area (Å²) in [6.45, 7) is 3.49. The molecule has 0 radical (unpaired) electrons. The Balaban J connectivity index is 3.02. The van der Waals surface area contributed by atoms with Crippen LogP contribution in [0.1, 0.15) is 5.56 Å². The lowest BCUT2D eigenvalue weighted by atomic mass is 10.2. The minimum Gasteiger partial charge on any atom is -0.405 e. The fourth-order valence-corrected chi connectivity index (χ4v) is 1.23. The fourth-order valence-electron chi connectivity index (χ4n) is 0.904. The number of hydrogen-bond donors (Lipinski definition) is 0. The van der Waals surface area contributed by atoms with Gasteiger partial charge in [0.05, 0.1) is 0 Å². The van der Waals surface area contributed by atoms with E-state index in [4.69, 9.17) is 0 Å². The number of halogens is 4. The van der Waals surface area contributed by atoms with Crippen LogP contribution < -0.4 is 4.74 Å². The van der Waals surface area contributed by atoms with Gasteiger partial charge in [0.25, 0.3) is 0 Å². The molecule has 0 aromatic heterocycles. The van der Waals surface area contributed by atoms with Crippen molar-refractivity contribution in [1.29, 1.82) is 0 Å². The van der Waals surface area contributed by atoms with Gasteiger partial charge in [-0.05, 0) is 6.07 Å². The summed E-state index contributed by atoms with van der Waals surface area (Å²) in [6, 6.07) is 5.78. The summed E-state index contributed by atoms with van der Waals surface area (Å²) in [4.78, 5) is 0. The third kappa shape index (κ3) is 3.06. The van der Waals surface area contributed by atoms with E-state index >= 15 is 0 Å². The predicted molar refractivity (Wildman–Crippen MR) is 51.1 cm³/mol. The highest BCUT2D eigenvalue weighted by Crippen LogP contribution is 2.32. The molecular formula is C9H6BrF3O. The second-order valence-electron chi connectivity index (χ2n) is 2.45. The van der Waals surface area contributed by atoms with Gasteiger partial charge in [-0.15, -0.1) is 13.2 Å². The molecule has 1 nitrogen and oxygen atoms in total. The van der Waals surface area contributed by atoms with Crippen LogP contribution >= 0.6 is 15.9 Å². The van der Waals surface area contributed by atoms with Crippen molar-refractivity contribution in [2.24, 2.45) is 0 Å². The van der Waals surface area contributed by atoms with Crippen LogP contribution in [-0.2, 0) is 0 Å². The van der Waals surface area contributed by atoms with E-state index < -0.39 is 6.36 Å². The van der Waals surface area contributed by atoms with Gasteiger partial charge in [0.1, 0.15) is 5.75 Å². The van der Waals surface area contributed by atoms with E-state index in [1.807, 2.05) is 0 Å². The van der Waals surface area contributed by atoms with Crippen molar-refractivity contribution in [3.8, 4) is 5.75 Å². The van der Waals surface area contributed by atoms with E-state index in [-0.39, 0.29) is 11.3 Å². The number of para-hydroxylation sites is 1. The van der Waals surface area contributed by atoms with Gasteiger partial charge < -0.3 is 4.74 Å². The molecule has 76 valence electrons. The Morgan fingerprint density at radius 2 is 1.86 bits per heavy atom. The van der Waals surface area contributed by atoms with Crippen molar-refractivity contribution in [3.63, 3.8) is 0 Å². The summed E-state index contributed by atoms with van der Waals surface area (Å²) in [7, 11) is 0. The minimum absolute atomic E-state index is 0.262. The summed E-state index contributed by atoms with van der Waals surface area (Å²) < 4.78 is 39.9. The van der Waals surface area contributed by atoms with Gasteiger partial charge in [-0.25, -0.2) is 0 Å². The lowest BCUT2D eigenvalue weighted by Gasteiger charge is -2.11. The summed E-state index contributed by atoms with van der Waals surface area (Å²) in [5.41, 5.74) is 0.282. The van der Waals surface area contributed by atoms with Crippen molar-refractivity contribution in [2.45, 2.75) is 6.36 Å². The molecule has 0 bridgehead atoms. The SMILES string of the molecule is C=C(Br)c1ccccc1OC(F)(F)F. The molecule has 1 rings (SSSR count). The molecule has 0 N–H and O–H groups in total. The van der Waals surface area contributed by atoms with Crippen molar-refractivity contribution in [1.82, 2.24) is 0 Å². The molecule has 0 saturated heterocycles. The van der Waals surface area contributed by atoms with E-state index in [9.17, 15) is 13.2 Å². The number of benzene rings is 1. The molecule has 0 unspecified atom stereocenters. The van der Waals surface area contributed by atoms with Gasteiger partial charge in [0, 0.05) is 10.0 Å². The van der Waals surface area contributed by atoms with Gasteiger partial charge >= 0.3 is 6.36 Å². The van der Waals surface area contributed by atoms with Crippen LogP contribution in [0.15, 0.2) is 30.8 Å². The zero-order valence-electron chi connectivity index (χ0n) is 6.94. The molecule has 0 amide bonds. The van der Waals surface area contributed by atoms with Crippen molar-refractivity contribution in [2.75, 3.05) is 0 Å². The lowest BCUT2D eigenvalue weighted by Crippen LogP contribution is -2.17. The maximum absolute atomic E-state index is 11.9. The average molecular weight is 267 g/mol. The van der Waals surface area contributed by atoms with Gasteiger partial charge in [-0.3, -0.25) is 0 Å². The van der Waals surface area contributed by atoms with Crippen LogP contribution in [0.4, 0.5) is 13.2 Å². The van der Waals surface area contributed by atoms with Crippen LogP contribution in [0.5, 0.6) is 5.75 Å². The molecule has 0 spiro atoms. The van der Waals surface area contributed by atoms with E-state index in [1.165, 1.54) is 18.2 Å². The largest absolute Gasteiger partial charge is 0.573 e. The summed E-state index contributed by atoms with van der Waals surface area (Å²) >= 11 is 3.00. The number of hydrogen-bond acceptors (Lipinski definition) is 1. The van der Waals surface area contributed by atoms with Crippen molar-refractivity contribution in [3.05, 3.63) is 36.4 Å². The maximum Gasteiger partial charge on any atom is 0.573 e. The van der Waals surface area contributed by atoms with Crippen molar-refractivity contribution < 1.29 is 17.9 Å². The summed E-state index contributed by atoms with van der Waals surface area (Å²) in [5.74, 6) is -0.262. The van der Waals surface area contributed by atoms with Gasteiger partial charge in [-0.1, -0.05) is 40.7 Å². The second kappa shape index (κ2) is 4.04. The number of rotatable bonds is 2. The highest BCUT2D eigenvalue weighted by atomic mass is 79.9. The standard InChI is InChI=1S/C9H6BrF3O/c1-6(10)7-4-2-3-5-8(7)14-9(11,12)13/h2-5H,1H2. The van der Waals surface area contributed by atoms with E-state index in [0.29, 0.717) is 4.48 Å². The lowest BCUT2D eigenvalue weighted by molar-refractivity contribution is -0.274. The highest BCUT2D eigenvalue weighted by Gasteiger charge is 2.32. The van der Waals surface area contributed by atoms with Gasteiger partial charge in [0.15, 0.2) is 0 Å². The molecule has 14 heavy (non-hydrogen) atoms. The molecule has 0 aliphatic heterocycles. The van der Waals surface area contributed by atoms with Crippen LogP contribution in [0.25, 0.3) is 4.48 Å². The first kappa shape index (κ1) is 11.1. The molecule has 0 atom stereocenters. The van der Waals surface area contributed by atoms with Gasteiger partial charge in [0.2, 0.25) is 0 Å². The molecule has 1 aromatic carbocycles. The molecule has 0 saturated carbocycles. The Hall–Kier alpha value is -0.970. The topological polar surface area (TPSA) is 9.23 Å². The number of ether oxygens (including phenoxy) is 1. The second-order valence-corrected chi connectivity index (χ2v) is 3.41. The van der Waals surface area contributed by atoms with E-state index in [0.717, 1.165) is 0 Å². The summed E-state index contributed by atoms with van der Waals surface area (Å²) in [5, 5.41) is 0. The smallest absolute Gasteiger partial charge is 0.405 e. The molecule has 1 aromatic rings. The molecule has 0 heterocycles. The Kier molecular flexibility index (Phi) is 3.21. The zero-order valence-corrected chi connectivity index (χ0v) is 8.52. The molecule has 5 heteroatoms. The first-order chi connectivity index (χ1) is 6.40. The van der Waals surface area contributed by atoms with Crippen molar-refractivity contribution >= 4 is 20.4 Å². The third-order valence-electron chi connectivity index (χ3n) is 1.40. The first-order valence-corrected chi connectivity index (χ1v) is 4.39. The number of alkyl halides is 3. The Bertz CT molecular complexity index is 346. The van der Waals surface area contributed by atoms with Crippen LogP contribution in [0.2, 0.25) is 0 Å². The normalized spacial score (nSPS) is 11.1. The monoisotopic (exact) mass is 266 g/mol. The molecule has 0 aliphatic rings. The Labute approximate surface area is 87.3 Å². The quantitative estimate of drug-likeness (QED) is 0.788. The fraction of sp³-hybridized carbons (Fsp3) is 0.111. The van der Waals surface area contributed by atoms with E-state index in [2.05, 4.69) is 27.2 Å². The van der Waals surface area contributed by atoms with Crippen LogP contribution in [0.3, 0.4) is 0 Å². The average Bonchev–Trinajstić information content (AvgIpc) is 2.01. The minimum atomic E-state index is -4.68. The Morgan fingerprint density at radius 1 is 1.29 bits per heavy atom. The maximum atomic E-state index is 11.9. The zero-order chi connectivity index (χ0) is 10.8. The molecule has 0 fully saturated rings. The Morgan fingerprint density at radius 3 is 2.36 bits per heavy atom. The molecular weight excluding hydrogens is 261 g/mol. The third-order valence-corrected chi connectivity index (χ3v) is 1.83. The van der Waals surface area contributed by atoms with E-state index in [1.54, 1.807) is 6.07 Å². The van der Waals surface area contributed by atoms with Crippen LogP contribution in [0, 0.1) is 0 Å². The molecule has 0 aliphatic carbocycles.